The maximum atomic E-state index is 8.95. The van der Waals surface area contributed by atoms with Gasteiger partial charge in [0.15, 0.2) is 0 Å². The van der Waals surface area contributed by atoms with Gasteiger partial charge in [0.1, 0.15) is 5.82 Å². The molecule has 1 aliphatic rings. The Bertz CT molecular complexity index is 385. The van der Waals surface area contributed by atoms with E-state index in [0.29, 0.717) is 6.04 Å². The summed E-state index contributed by atoms with van der Waals surface area (Å²) in [7, 11) is 0. The maximum absolute atomic E-state index is 8.95. The molecule has 0 amide bonds. The van der Waals surface area contributed by atoms with Gasteiger partial charge in [-0.25, -0.2) is 4.98 Å². The monoisotopic (exact) mass is 278 g/mol. The Morgan fingerprint density at radius 1 is 1.25 bits per heavy atom. The number of rotatable bonds is 6. The van der Waals surface area contributed by atoms with E-state index in [4.69, 9.17) is 5.11 Å². The number of aliphatic hydroxyl groups is 1. The van der Waals surface area contributed by atoms with Crippen LogP contribution in [0.15, 0.2) is 18.3 Å². The van der Waals surface area contributed by atoms with Crippen LogP contribution >= 0.6 is 0 Å². The van der Waals surface area contributed by atoms with Gasteiger partial charge in [0.25, 0.3) is 0 Å². The summed E-state index contributed by atoms with van der Waals surface area (Å²) in [6, 6.07) is 4.76. The topological polar surface area (TPSA) is 51.6 Å². The average molecular weight is 278 g/mol. The number of pyridine rings is 1. The first kappa shape index (κ1) is 15.2. The van der Waals surface area contributed by atoms with Crippen molar-refractivity contribution in [1.29, 1.82) is 0 Å². The van der Waals surface area contributed by atoms with Crippen LogP contribution in [0.1, 0.15) is 19.4 Å². The molecular formula is C15H26N4O. The summed E-state index contributed by atoms with van der Waals surface area (Å²) in [5.74, 6) is 1.06. The predicted octanol–water partition coefficient (Wildman–Crippen LogP) is 0.694. The molecule has 1 aromatic heterocycles. The lowest BCUT2D eigenvalue weighted by Crippen LogP contribution is -2.47. The van der Waals surface area contributed by atoms with Crippen LogP contribution in [0.2, 0.25) is 0 Å². The molecule has 1 saturated heterocycles. The van der Waals surface area contributed by atoms with Gasteiger partial charge in [0.05, 0.1) is 6.61 Å². The van der Waals surface area contributed by atoms with E-state index in [1.54, 1.807) is 0 Å². The van der Waals surface area contributed by atoms with Crippen molar-refractivity contribution in [2.45, 2.75) is 26.4 Å². The second-order valence-corrected chi connectivity index (χ2v) is 5.61. The molecule has 2 N–H and O–H groups in total. The fraction of sp³-hybridized carbons (Fsp3) is 0.667. The molecule has 5 nitrogen and oxygen atoms in total. The fourth-order valence-electron chi connectivity index (χ4n) is 2.37. The summed E-state index contributed by atoms with van der Waals surface area (Å²) in [6.07, 6.45) is 1.96. The van der Waals surface area contributed by atoms with E-state index in [2.05, 4.69) is 46.1 Å². The molecule has 20 heavy (non-hydrogen) atoms. The maximum Gasteiger partial charge on any atom is 0.128 e. The van der Waals surface area contributed by atoms with Crippen molar-refractivity contribution < 1.29 is 5.11 Å². The SMILES string of the molecule is CC(C)NCc1ccc(N2CCN(CCO)CC2)nc1. The minimum absolute atomic E-state index is 0.246. The molecule has 0 radical (unpaired) electrons. The van der Waals surface area contributed by atoms with Gasteiger partial charge in [-0.3, -0.25) is 4.90 Å². The van der Waals surface area contributed by atoms with Crippen LogP contribution in [0.3, 0.4) is 0 Å². The van der Waals surface area contributed by atoms with E-state index < -0.39 is 0 Å². The summed E-state index contributed by atoms with van der Waals surface area (Å²) in [5.41, 5.74) is 1.22. The van der Waals surface area contributed by atoms with Crippen LogP contribution < -0.4 is 10.2 Å². The number of aromatic nitrogens is 1. The number of hydrogen-bond donors (Lipinski definition) is 2. The third-order valence-electron chi connectivity index (χ3n) is 3.64. The zero-order valence-corrected chi connectivity index (χ0v) is 12.5. The molecule has 1 aliphatic heterocycles. The van der Waals surface area contributed by atoms with Crippen molar-refractivity contribution in [3.8, 4) is 0 Å². The predicted molar refractivity (Wildman–Crippen MR) is 82.0 cm³/mol. The third kappa shape index (κ3) is 4.44. The highest BCUT2D eigenvalue weighted by Gasteiger charge is 2.17. The summed E-state index contributed by atoms with van der Waals surface area (Å²) in [6.45, 7) is 10.2. The van der Waals surface area contributed by atoms with E-state index >= 15 is 0 Å². The number of hydrogen-bond acceptors (Lipinski definition) is 5. The van der Waals surface area contributed by atoms with E-state index in [1.807, 2.05) is 6.20 Å². The number of β-amino-alcohol motifs (C(OH)–C–C–N with tert-alkyl or cyclic N) is 1. The van der Waals surface area contributed by atoms with Crippen molar-refractivity contribution >= 4 is 5.82 Å². The summed E-state index contributed by atoms with van der Waals surface area (Å²) >= 11 is 0. The van der Waals surface area contributed by atoms with Gasteiger partial charge in [-0.1, -0.05) is 19.9 Å². The molecule has 2 heterocycles. The molecule has 112 valence electrons. The van der Waals surface area contributed by atoms with Gasteiger partial charge in [-0.05, 0) is 11.6 Å². The van der Waals surface area contributed by atoms with Crippen LogP contribution in [-0.4, -0.2) is 60.4 Å². The molecule has 0 spiro atoms. The van der Waals surface area contributed by atoms with Crippen molar-refractivity contribution in [3.05, 3.63) is 23.9 Å². The van der Waals surface area contributed by atoms with Crippen molar-refractivity contribution in [2.75, 3.05) is 44.2 Å². The standard InChI is InChI=1S/C15H26N4O/c1-13(2)16-11-14-3-4-15(17-12-14)19-7-5-18(6-8-19)9-10-20/h3-4,12-13,16,20H,5-11H2,1-2H3. The number of anilines is 1. The summed E-state index contributed by atoms with van der Waals surface area (Å²) in [4.78, 5) is 9.17. The van der Waals surface area contributed by atoms with Gasteiger partial charge in [0.2, 0.25) is 0 Å². The quantitative estimate of drug-likeness (QED) is 0.802. The third-order valence-corrected chi connectivity index (χ3v) is 3.64. The molecular weight excluding hydrogens is 252 g/mol. The Balaban J connectivity index is 1.84. The van der Waals surface area contributed by atoms with Gasteiger partial charge < -0.3 is 15.3 Å². The van der Waals surface area contributed by atoms with Gasteiger partial charge in [0, 0.05) is 51.5 Å². The van der Waals surface area contributed by atoms with Crippen LogP contribution in [0, 0.1) is 0 Å². The highest BCUT2D eigenvalue weighted by molar-refractivity contribution is 5.39. The molecule has 0 atom stereocenters. The first-order valence-corrected chi connectivity index (χ1v) is 7.45. The zero-order valence-electron chi connectivity index (χ0n) is 12.5. The highest BCUT2D eigenvalue weighted by atomic mass is 16.3. The van der Waals surface area contributed by atoms with Crippen LogP contribution in [0.25, 0.3) is 0 Å². The van der Waals surface area contributed by atoms with Gasteiger partial charge in [-0.15, -0.1) is 0 Å². The minimum atomic E-state index is 0.246. The van der Waals surface area contributed by atoms with Crippen molar-refractivity contribution in [3.63, 3.8) is 0 Å². The zero-order chi connectivity index (χ0) is 14.4. The molecule has 2 rings (SSSR count). The number of piperazine rings is 1. The lowest BCUT2D eigenvalue weighted by molar-refractivity contribution is 0.188. The Morgan fingerprint density at radius 2 is 2.00 bits per heavy atom. The Kier molecular flexibility index (Phi) is 5.76. The normalized spacial score (nSPS) is 16.9. The largest absolute Gasteiger partial charge is 0.395 e. The van der Waals surface area contributed by atoms with Gasteiger partial charge in [-0.2, -0.15) is 0 Å². The summed E-state index contributed by atoms with van der Waals surface area (Å²) in [5, 5.41) is 12.3. The second-order valence-electron chi connectivity index (χ2n) is 5.61. The van der Waals surface area contributed by atoms with E-state index in [1.165, 1.54) is 5.56 Å². The van der Waals surface area contributed by atoms with Crippen molar-refractivity contribution in [1.82, 2.24) is 15.2 Å². The first-order chi connectivity index (χ1) is 9.69. The van der Waals surface area contributed by atoms with E-state index in [-0.39, 0.29) is 6.61 Å². The number of nitrogens with zero attached hydrogens (tertiary/aromatic N) is 3. The number of aliphatic hydroxyl groups excluding tert-OH is 1. The smallest absolute Gasteiger partial charge is 0.128 e. The molecule has 0 bridgehead atoms. The average Bonchev–Trinajstić information content (AvgIpc) is 2.47. The second kappa shape index (κ2) is 7.57. The van der Waals surface area contributed by atoms with E-state index in [9.17, 15) is 0 Å². The van der Waals surface area contributed by atoms with E-state index in [0.717, 1.165) is 45.1 Å². The lowest BCUT2D eigenvalue weighted by Gasteiger charge is -2.35. The van der Waals surface area contributed by atoms with Crippen LogP contribution in [0.4, 0.5) is 5.82 Å². The van der Waals surface area contributed by atoms with Crippen molar-refractivity contribution in [2.24, 2.45) is 0 Å². The number of nitrogens with one attached hydrogen (secondary N) is 1. The Hall–Kier alpha value is -1.17. The highest BCUT2D eigenvalue weighted by Crippen LogP contribution is 2.14. The Morgan fingerprint density at radius 3 is 2.55 bits per heavy atom. The van der Waals surface area contributed by atoms with Gasteiger partial charge >= 0.3 is 0 Å². The van der Waals surface area contributed by atoms with Crippen LogP contribution in [0.5, 0.6) is 0 Å². The first-order valence-electron chi connectivity index (χ1n) is 7.45. The molecule has 0 aliphatic carbocycles. The molecule has 5 heteroatoms. The lowest BCUT2D eigenvalue weighted by atomic mass is 10.2. The molecule has 0 aromatic carbocycles. The molecule has 1 aromatic rings. The molecule has 0 unspecified atom stereocenters. The van der Waals surface area contributed by atoms with Crippen LogP contribution in [-0.2, 0) is 6.54 Å². The molecule has 1 fully saturated rings. The summed E-state index contributed by atoms with van der Waals surface area (Å²) < 4.78 is 0. The fourth-order valence-corrected chi connectivity index (χ4v) is 2.37. The molecule has 0 saturated carbocycles. The minimum Gasteiger partial charge on any atom is -0.395 e. The Labute approximate surface area is 121 Å².